The first-order valence-corrected chi connectivity index (χ1v) is 12.7. The number of hydrogen-bond acceptors (Lipinski definition) is 5. The SMILES string of the molecule is CCSC1=C2CC[C@@H]3[C@H](CC[C@@]4(C)[C@H]3CC[C@@]4(OC(C)=O)C(C)=O)[C@@]2(C)CCC1=O. The molecule has 0 aliphatic heterocycles. The van der Waals surface area contributed by atoms with Crippen LogP contribution in [-0.4, -0.2) is 28.9 Å². The summed E-state index contributed by atoms with van der Waals surface area (Å²) in [5.41, 5.74) is 0.274. The van der Waals surface area contributed by atoms with Crippen LogP contribution in [0.1, 0.15) is 86.0 Å². The quantitative estimate of drug-likeness (QED) is 0.550. The molecule has 3 fully saturated rings. The second-order valence-corrected chi connectivity index (χ2v) is 11.7. The molecule has 30 heavy (non-hydrogen) atoms. The van der Waals surface area contributed by atoms with Gasteiger partial charge in [0.15, 0.2) is 17.2 Å². The van der Waals surface area contributed by atoms with Gasteiger partial charge in [-0.05, 0) is 86.4 Å². The van der Waals surface area contributed by atoms with Crippen LogP contribution >= 0.6 is 11.8 Å². The normalized spacial score (nSPS) is 43.0. The van der Waals surface area contributed by atoms with Gasteiger partial charge < -0.3 is 4.74 Å². The Balaban J connectivity index is 1.71. The van der Waals surface area contributed by atoms with Gasteiger partial charge in [-0.25, -0.2) is 0 Å². The lowest BCUT2D eigenvalue weighted by Gasteiger charge is -2.59. The van der Waals surface area contributed by atoms with Crippen molar-refractivity contribution in [3.05, 3.63) is 10.5 Å². The second kappa shape index (κ2) is 7.50. The van der Waals surface area contributed by atoms with Crippen molar-refractivity contribution in [1.29, 1.82) is 0 Å². The molecule has 0 amide bonds. The van der Waals surface area contributed by atoms with Crippen LogP contribution in [0, 0.1) is 28.6 Å². The fraction of sp³-hybridized carbons (Fsp3) is 0.800. The summed E-state index contributed by atoms with van der Waals surface area (Å²) < 4.78 is 5.86. The van der Waals surface area contributed by atoms with E-state index in [1.807, 2.05) is 0 Å². The smallest absolute Gasteiger partial charge is 0.303 e. The van der Waals surface area contributed by atoms with Gasteiger partial charge in [0, 0.05) is 18.8 Å². The Bertz CT molecular complexity index is 816. The number of rotatable bonds is 4. The molecule has 4 aliphatic rings. The van der Waals surface area contributed by atoms with Gasteiger partial charge in [-0.15, -0.1) is 11.8 Å². The molecule has 0 saturated heterocycles. The highest BCUT2D eigenvalue weighted by Crippen LogP contribution is 2.69. The summed E-state index contributed by atoms with van der Waals surface area (Å²) in [6, 6.07) is 0. The monoisotopic (exact) mass is 432 g/mol. The van der Waals surface area contributed by atoms with Gasteiger partial charge in [0.2, 0.25) is 0 Å². The van der Waals surface area contributed by atoms with E-state index in [4.69, 9.17) is 4.74 Å². The van der Waals surface area contributed by atoms with Crippen LogP contribution in [0.2, 0.25) is 0 Å². The van der Waals surface area contributed by atoms with Crippen LogP contribution in [-0.2, 0) is 19.1 Å². The number of hydrogen-bond donors (Lipinski definition) is 0. The van der Waals surface area contributed by atoms with Crippen LogP contribution in [0.25, 0.3) is 0 Å². The lowest BCUT2D eigenvalue weighted by molar-refractivity contribution is -0.187. The van der Waals surface area contributed by atoms with Crippen LogP contribution < -0.4 is 0 Å². The summed E-state index contributed by atoms with van der Waals surface area (Å²) in [7, 11) is 0. The minimum Gasteiger partial charge on any atom is -0.451 e. The number of allylic oxidation sites excluding steroid dienone is 1. The highest BCUT2D eigenvalue weighted by molar-refractivity contribution is 8.04. The van der Waals surface area contributed by atoms with Crippen LogP contribution in [0.15, 0.2) is 10.5 Å². The molecule has 166 valence electrons. The molecular formula is C25H36O4S. The van der Waals surface area contributed by atoms with E-state index in [0.29, 0.717) is 36.4 Å². The molecule has 5 heteroatoms. The first-order chi connectivity index (χ1) is 14.1. The molecule has 6 atom stereocenters. The van der Waals surface area contributed by atoms with Crippen LogP contribution in [0.4, 0.5) is 0 Å². The number of ketones is 2. The minimum absolute atomic E-state index is 0.00801. The molecule has 0 radical (unpaired) electrons. The van der Waals surface area contributed by atoms with E-state index in [0.717, 1.165) is 49.2 Å². The lowest BCUT2D eigenvalue weighted by Crippen LogP contribution is -2.58. The zero-order valence-electron chi connectivity index (χ0n) is 19.1. The van der Waals surface area contributed by atoms with Gasteiger partial charge in [0.05, 0.1) is 4.91 Å². The first-order valence-electron chi connectivity index (χ1n) is 11.7. The molecule has 3 saturated carbocycles. The molecule has 0 heterocycles. The maximum absolute atomic E-state index is 12.8. The van der Waals surface area contributed by atoms with Crippen molar-refractivity contribution in [2.45, 2.75) is 91.6 Å². The van der Waals surface area contributed by atoms with Crippen molar-refractivity contribution in [2.24, 2.45) is 28.6 Å². The molecule has 4 aliphatic carbocycles. The Morgan fingerprint density at radius 3 is 2.37 bits per heavy atom. The van der Waals surface area contributed by atoms with Crippen molar-refractivity contribution in [3.8, 4) is 0 Å². The van der Waals surface area contributed by atoms with E-state index in [2.05, 4.69) is 20.8 Å². The Kier molecular flexibility index (Phi) is 5.52. The summed E-state index contributed by atoms with van der Waals surface area (Å²) in [6.07, 6.45) is 7.28. The van der Waals surface area contributed by atoms with E-state index in [1.165, 1.54) is 12.5 Å². The van der Waals surface area contributed by atoms with E-state index < -0.39 is 5.60 Å². The number of thioether (sulfide) groups is 1. The second-order valence-electron chi connectivity index (χ2n) is 10.5. The summed E-state index contributed by atoms with van der Waals surface area (Å²) in [6.45, 7) is 9.78. The van der Waals surface area contributed by atoms with Crippen molar-refractivity contribution >= 4 is 29.3 Å². The maximum atomic E-state index is 12.8. The average molecular weight is 433 g/mol. The van der Waals surface area contributed by atoms with Gasteiger partial charge in [-0.2, -0.15) is 0 Å². The average Bonchev–Trinajstić information content (AvgIpc) is 2.97. The van der Waals surface area contributed by atoms with E-state index in [9.17, 15) is 14.4 Å². The Morgan fingerprint density at radius 2 is 1.73 bits per heavy atom. The predicted octanol–water partition coefficient (Wildman–Crippen LogP) is 5.49. The molecule has 4 nitrogen and oxygen atoms in total. The fourth-order valence-electron chi connectivity index (χ4n) is 8.04. The minimum atomic E-state index is -0.961. The lowest BCUT2D eigenvalue weighted by atomic mass is 9.46. The van der Waals surface area contributed by atoms with Crippen LogP contribution in [0.5, 0.6) is 0 Å². The predicted molar refractivity (Wildman–Crippen MR) is 119 cm³/mol. The van der Waals surface area contributed by atoms with E-state index >= 15 is 0 Å². The molecule has 0 aromatic heterocycles. The molecular weight excluding hydrogens is 396 g/mol. The van der Waals surface area contributed by atoms with Gasteiger partial charge in [-0.1, -0.05) is 20.8 Å². The summed E-state index contributed by atoms with van der Waals surface area (Å²) in [5.74, 6) is 2.45. The third-order valence-corrected chi connectivity index (χ3v) is 10.4. The summed E-state index contributed by atoms with van der Waals surface area (Å²) in [5, 5.41) is 0. The standard InChI is InChI=1S/C25H36O4S/c1-6-30-22-20-8-7-17-18(23(20,4)12-11-21(22)28)9-13-24(5)19(17)10-14-25(24,15(2)26)29-16(3)27/h17-19H,6-14H2,1-5H3/t17-,18+,19+,23-,24+,25-/m1/s1. The third-order valence-electron chi connectivity index (χ3n) is 9.37. The molecule has 0 spiro atoms. The largest absolute Gasteiger partial charge is 0.451 e. The summed E-state index contributed by atoms with van der Waals surface area (Å²) in [4.78, 5) is 38.5. The number of ether oxygens (including phenoxy) is 1. The first kappa shape index (κ1) is 22.1. The molecule has 0 aromatic rings. The van der Waals surface area contributed by atoms with E-state index in [1.54, 1.807) is 18.7 Å². The molecule has 0 N–H and O–H groups in total. The fourth-order valence-corrected chi connectivity index (χ4v) is 9.10. The Morgan fingerprint density at radius 1 is 1.03 bits per heavy atom. The maximum Gasteiger partial charge on any atom is 0.303 e. The zero-order chi connectivity index (χ0) is 21.9. The topological polar surface area (TPSA) is 60.4 Å². The molecule has 0 aromatic carbocycles. The van der Waals surface area contributed by atoms with E-state index in [-0.39, 0.29) is 22.6 Å². The number of Topliss-reactive ketones (excluding diaryl/α,β-unsaturated/α-hetero) is 2. The molecule has 4 rings (SSSR count). The Labute approximate surface area is 185 Å². The highest BCUT2D eigenvalue weighted by Gasteiger charge is 2.67. The van der Waals surface area contributed by atoms with Crippen molar-refractivity contribution in [3.63, 3.8) is 0 Å². The number of fused-ring (bicyclic) bond motifs is 5. The van der Waals surface area contributed by atoms with Gasteiger partial charge in [0.1, 0.15) is 0 Å². The summed E-state index contributed by atoms with van der Waals surface area (Å²) >= 11 is 1.74. The number of carbonyl (C=O) groups excluding carboxylic acids is 3. The van der Waals surface area contributed by atoms with Crippen molar-refractivity contribution < 1.29 is 19.1 Å². The van der Waals surface area contributed by atoms with Gasteiger partial charge >= 0.3 is 5.97 Å². The molecule has 0 unspecified atom stereocenters. The van der Waals surface area contributed by atoms with Crippen LogP contribution in [0.3, 0.4) is 0 Å². The van der Waals surface area contributed by atoms with Crippen molar-refractivity contribution in [1.82, 2.24) is 0 Å². The number of esters is 1. The Hall–Kier alpha value is -1.10. The van der Waals surface area contributed by atoms with Gasteiger partial charge in [0.25, 0.3) is 0 Å². The number of carbonyl (C=O) groups is 3. The third kappa shape index (κ3) is 2.90. The highest BCUT2D eigenvalue weighted by atomic mass is 32.2. The zero-order valence-corrected chi connectivity index (χ0v) is 20.0. The molecule has 0 bridgehead atoms. The van der Waals surface area contributed by atoms with Crippen molar-refractivity contribution in [2.75, 3.05) is 5.75 Å². The van der Waals surface area contributed by atoms with Gasteiger partial charge in [-0.3, -0.25) is 14.4 Å².